The van der Waals surface area contributed by atoms with E-state index >= 15 is 0 Å². The van der Waals surface area contributed by atoms with E-state index in [9.17, 15) is 0 Å². The molecule has 0 atom stereocenters. The molecule has 0 aliphatic rings. The van der Waals surface area contributed by atoms with E-state index in [0.29, 0.717) is 0 Å². The normalized spacial score (nSPS) is 9.75. The summed E-state index contributed by atoms with van der Waals surface area (Å²) in [5, 5.41) is 8.40. The van der Waals surface area contributed by atoms with Crippen LogP contribution < -0.4 is 5.32 Å². The molecule has 1 heterocycles. The van der Waals surface area contributed by atoms with Gasteiger partial charge in [0.2, 0.25) is 5.82 Å². The zero-order valence-corrected chi connectivity index (χ0v) is 4.81. The van der Waals surface area contributed by atoms with Crippen LogP contribution in [-0.4, -0.2) is 10.2 Å². The number of hydrogen-bond acceptors (Lipinski definition) is 1. The van der Waals surface area contributed by atoms with E-state index in [1.54, 1.807) is 5.32 Å². The Morgan fingerprint density at radius 3 is 2.88 bits per heavy atom. The van der Waals surface area contributed by atoms with Crippen LogP contribution in [0, 0.1) is 14.0 Å². The number of rotatable bonds is 1. The maximum atomic E-state index is 3.89. The van der Waals surface area contributed by atoms with Crippen molar-refractivity contribution in [3.63, 3.8) is 0 Å². The molecule has 1 aromatic rings. The molecule has 3 heteroatoms. The highest BCUT2D eigenvalue weighted by atomic mass is 15.2. The Bertz CT molecular complexity index is 168. The summed E-state index contributed by atoms with van der Waals surface area (Å²) in [6.07, 6.45) is 0. The van der Waals surface area contributed by atoms with Gasteiger partial charge in [-0.15, -0.1) is 12.1 Å². The Balaban J connectivity index is 2.84. The van der Waals surface area contributed by atoms with Gasteiger partial charge in [0.15, 0.2) is 0 Å². The molecule has 0 saturated heterocycles. The van der Waals surface area contributed by atoms with E-state index in [2.05, 4.69) is 17.2 Å². The molecule has 0 saturated carbocycles. The van der Waals surface area contributed by atoms with Gasteiger partial charge in [0, 0.05) is 11.8 Å². The fraction of sp³-hybridized carbons (Fsp3) is 0.200. The predicted molar refractivity (Wildman–Crippen MR) is 30.3 cm³/mol. The lowest BCUT2D eigenvalue weighted by Gasteiger charge is -1.85. The second-order valence-electron chi connectivity index (χ2n) is 1.68. The van der Waals surface area contributed by atoms with Crippen LogP contribution in [-0.2, 0) is 0 Å². The summed E-state index contributed by atoms with van der Waals surface area (Å²) in [6, 6.07) is 1.94. The van der Waals surface area contributed by atoms with Gasteiger partial charge in [-0.3, -0.25) is 5.10 Å². The molecule has 0 amide bonds. The van der Waals surface area contributed by atoms with Gasteiger partial charge in [0.1, 0.15) is 0 Å². The summed E-state index contributed by atoms with van der Waals surface area (Å²) in [7, 11) is 3.56. The van der Waals surface area contributed by atoms with Crippen LogP contribution in [0.4, 0.5) is 5.82 Å². The molecule has 3 N–H and O–H groups in total. The lowest BCUT2D eigenvalue weighted by Crippen LogP contribution is -2.69. The molecule has 3 nitrogen and oxygen atoms in total. The minimum atomic E-state index is 0.905. The summed E-state index contributed by atoms with van der Waals surface area (Å²) < 4.78 is 0. The highest BCUT2D eigenvalue weighted by Crippen LogP contribution is 1.94. The first-order valence-corrected chi connectivity index (χ1v) is 2.47. The van der Waals surface area contributed by atoms with Crippen molar-refractivity contribution in [2.45, 2.75) is 6.92 Å². The van der Waals surface area contributed by atoms with Crippen LogP contribution in [0.2, 0.25) is 0 Å². The molecule has 0 unspecified atom stereocenters. The zero-order chi connectivity index (χ0) is 5.98. The van der Waals surface area contributed by atoms with E-state index < -0.39 is 0 Å². The van der Waals surface area contributed by atoms with E-state index in [4.69, 9.17) is 0 Å². The van der Waals surface area contributed by atoms with Gasteiger partial charge in [-0.25, -0.2) is 0 Å². The summed E-state index contributed by atoms with van der Waals surface area (Å²) in [5.74, 6) is 0.905. The van der Waals surface area contributed by atoms with Crippen molar-refractivity contribution in [3.8, 4) is 0 Å². The molecular weight excluding hydrogens is 102 g/mol. The number of H-pyrrole nitrogens is 1. The highest BCUT2D eigenvalue weighted by Gasteiger charge is 1.91. The molecule has 8 heavy (non-hydrogen) atoms. The molecule has 0 aromatic carbocycles. The van der Waals surface area contributed by atoms with Crippen LogP contribution in [0.25, 0.3) is 0 Å². The van der Waals surface area contributed by atoms with E-state index in [0.717, 1.165) is 11.5 Å². The number of hydrogen-bond donors (Lipinski definition) is 2. The monoisotopic (exact) mass is 111 g/mol. The van der Waals surface area contributed by atoms with Crippen molar-refractivity contribution >= 4 is 5.82 Å². The number of quaternary nitrogens is 1. The third-order valence-electron chi connectivity index (χ3n) is 0.935. The quantitative estimate of drug-likeness (QED) is 0.480. The second kappa shape index (κ2) is 1.96. The number of aromatic nitrogens is 2. The topological polar surface area (TPSA) is 45.3 Å². The number of nitrogens with two attached hydrogens (primary N) is 1. The Morgan fingerprint density at radius 1 is 1.88 bits per heavy atom. The first kappa shape index (κ1) is 5.31. The predicted octanol–water partition coefficient (Wildman–Crippen LogP) is -0.295. The molecule has 0 aliphatic carbocycles. The first-order chi connectivity index (χ1) is 3.83. The van der Waals surface area contributed by atoms with Crippen molar-refractivity contribution in [3.05, 3.63) is 18.8 Å². The molecule has 0 radical (unpaired) electrons. The van der Waals surface area contributed by atoms with Crippen molar-refractivity contribution in [1.82, 2.24) is 10.2 Å². The molecule has 0 bridgehead atoms. The highest BCUT2D eigenvalue weighted by molar-refractivity contribution is 5.17. The molecular formula is C5H9N3. The van der Waals surface area contributed by atoms with Gasteiger partial charge in [0.05, 0.1) is 0 Å². The van der Waals surface area contributed by atoms with E-state index in [1.165, 1.54) is 0 Å². The standard InChI is InChI=1S/C5H9N3/c1-4-3-5(6-2)8-7-4/h3H,2,6H2,1H3,(H,7,8). The van der Waals surface area contributed by atoms with Gasteiger partial charge in [-0.2, -0.15) is 0 Å². The number of nitrogens with one attached hydrogen (secondary N) is 1. The third-order valence-corrected chi connectivity index (χ3v) is 0.935. The molecule has 1 rings (SSSR count). The fourth-order valence-corrected chi connectivity index (χ4v) is 0.544. The van der Waals surface area contributed by atoms with Gasteiger partial charge in [-0.1, -0.05) is 0 Å². The van der Waals surface area contributed by atoms with Crippen LogP contribution in [0.15, 0.2) is 6.07 Å². The number of aromatic amines is 1. The Hall–Kier alpha value is -0.830. The lowest BCUT2D eigenvalue weighted by molar-refractivity contribution is -0.508. The van der Waals surface area contributed by atoms with Gasteiger partial charge in [0.25, 0.3) is 0 Å². The number of aryl methyl sites for hydroxylation is 1. The number of nitrogens with zero attached hydrogens (tertiary/aromatic N) is 1. The van der Waals surface area contributed by atoms with E-state index in [-0.39, 0.29) is 0 Å². The maximum Gasteiger partial charge on any atom is 0.217 e. The van der Waals surface area contributed by atoms with E-state index in [1.807, 2.05) is 13.0 Å². The van der Waals surface area contributed by atoms with Crippen molar-refractivity contribution in [1.29, 1.82) is 0 Å². The molecule has 0 fully saturated rings. The van der Waals surface area contributed by atoms with Crippen LogP contribution >= 0.6 is 0 Å². The molecule has 1 aromatic heterocycles. The van der Waals surface area contributed by atoms with Gasteiger partial charge < -0.3 is 5.32 Å². The summed E-state index contributed by atoms with van der Waals surface area (Å²) in [5.41, 5.74) is 1.07. The van der Waals surface area contributed by atoms with Crippen molar-refractivity contribution < 1.29 is 5.32 Å². The second-order valence-corrected chi connectivity index (χ2v) is 1.68. The summed E-state index contributed by atoms with van der Waals surface area (Å²) in [6.45, 7) is 1.96. The molecule has 0 spiro atoms. The zero-order valence-electron chi connectivity index (χ0n) is 4.81. The van der Waals surface area contributed by atoms with Crippen LogP contribution in [0.1, 0.15) is 5.69 Å². The SMILES string of the molecule is [CH2-][NH2+]c1cc(C)[nH]n1. The maximum absolute atomic E-state index is 3.89. The average Bonchev–Trinajstić information content (AvgIpc) is 2.14. The average molecular weight is 111 g/mol. The van der Waals surface area contributed by atoms with Crippen LogP contribution in [0.5, 0.6) is 0 Å². The minimum absolute atomic E-state index is 0.905. The Labute approximate surface area is 48.1 Å². The summed E-state index contributed by atoms with van der Waals surface area (Å²) >= 11 is 0. The van der Waals surface area contributed by atoms with Crippen molar-refractivity contribution in [2.24, 2.45) is 0 Å². The van der Waals surface area contributed by atoms with Crippen LogP contribution in [0.3, 0.4) is 0 Å². The Morgan fingerprint density at radius 2 is 2.62 bits per heavy atom. The Kier molecular flexibility index (Phi) is 1.30. The van der Waals surface area contributed by atoms with Crippen molar-refractivity contribution in [2.75, 3.05) is 0 Å². The molecule has 0 aliphatic heterocycles. The van der Waals surface area contributed by atoms with Gasteiger partial charge >= 0.3 is 0 Å². The smallest absolute Gasteiger partial charge is 0.217 e. The third kappa shape index (κ3) is 0.869. The molecule has 44 valence electrons. The van der Waals surface area contributed by atoms with Gasteiger partial charge in [-0.05, 0) is 6.92 Å². The largest absolute Gasteiger partial charge is 0.428 e. The summed E-state index contributed by atoms with van der Waals surface area (Å²) in [4.78, 5) is 0. The first-order valence-electron chi connectivity index (χ1n) is 2.47. The fourth-order valence-electron chi connectivity index (χ4n) is 0.544. The minimum Gasteiger partial charge on any atom is -0.428 e. The lowest BCUT2D eigenvalue weighted by atomic mass is 10.5.